The van der Waals surface area contributed by atoms with Crippen molar-refractivity contribution in [3.05, 3.63) is 22.7 Å². The fourth-order valence-electron chi connectivity index (χ4n) is 0.0931. The van der Waals surface area contributed by atoms with E-state index in [-0.39, 0.29) is 0 Å². The first-order valence-electron chi connectivity index (χ1n) is 1.80. The van der Waals surface area contributed by atoms with Gasteiger partial charge in [0.1, 0.15) is 0 Å². The number of hydrogen-bond acceptors (Lipinski definition) is 0. The lowest BCUT2D eigenvalue weighted by Gasteiger charge is -1.87. The molecule has 0 aliphatic rings. The van der Waals surface area contributed by atoms with E-state index in [1.165, 1.54) is 5.54 Å². The fourth-order valence-corrected chi connectivity index (χ4v) is 0.279. The van der Waals surface area contributed by atoms with Gasteiger partial charge in [0, 0.05) is 5.54 Å². The Hall–Kier alpha value is 0.0600. The zero-order chi connectivity index (χ0) is 5.86. The zero-order valence-corrected chi connectivity index (χ0v) is 5.55. The maximum absolute atomic E-state index is 5.43. The molecular weight excluding hydrogens is 131 g/mol. The molecule has 0 unspecified atom stereocenters. The normalized spacial score (nSPS) is 11.6. The molecule has 0 aromatic carbocycles. The molecule has 0 spiro atoms. The summed E-state index contributed by atoms with van der Waals surface area (Å²) < 4.78 is 0. The van der Waals surface area contributed by atoms with E-state index in [0.717, 1.165) is 5.57 Å². The van der Waals surface area contributed by atoms with Crippen molar-refractivity contribution in [1.29, 1.82) is 0 Å². The summed E-state index contributed by atoms with van der Waals surface area (Å²) in [5.41, 5.74) is 2.08. The molecule has 0 aliphatic carbocycles. The summed E-state index contributed by atoms with van der Waals surface area (Å²) in [7, 11) is 0. The van der Waals surface area contributed by atoms with Crippen LogP contribution in [0.25, 0.3) is 0 Å². The first-order chi connectivity index (χ1) is 3.18. The lowest BCUT2D eigenvalue weighted by atomic mass is 10.3. The van der Waals surface area contributed by atoms with E-state index in [1.807, 2.05) is 0 Å². The second-order valence-electron chi connectivity index (χ2n) is 1.24. The first kappa shape index (κ1) is 7.06. The van der Waals surface area contributed by atoms with E-state index >= 15 is 0 Å². The minimum atomic E-state index is 0.515. The van der Waals surface area contributed by atoms with Gasteiger partial charge in [-0.3, -0.25) is 0 Å². The minimum Gasteiger partial charge on any atom is -0.0946 e. The quantitative estimate of drug-likeness (QED) is 0.487. The van der Waals surface area contributed by atoms with Gasteiger partial charge < -0.3 is 0 Å². The van der Waals surface area contributed by atoms with E-state index in [2.05, 4.69) is 6.58 Å². The van der Waals surface area contributed by atoms with Crippen molar-refractivity contribution in [3.8, 4) is 0 Å². The second-order valence-corrected chi connectivity index (χ2v) is 1.86. The van der Waals surface area contributed by atoms with Gasteiger partial charge in [0.2, 0.25) is 0 Å². The number of allylic oxidation sites excluding steroid dienone is 2. The summed E-state index contributed by atoms with van der Waals surface area (Å²) >= 11 is 10.6. The molecule has 0 aromatic rings. The Balaban J connectivity index is 3.82. The van der Waals surface area contributed by atoms with Crippen LogP contribution in [0.1, 0.15) is 6.92 Å². The van der Waals surface area contributed by atoms with E-state index in [9.17, 15) is 0 Å². The summed E-state index contributed by atoms with van der Waals surface area (Å²) in [5.74, 6) is 0. The van der Waals surface area contributed by atoms with Gasteiger partial charge in [0.25, 0.3) is 0 Å². The van der Waals surface area contributed by atoms with E-state index < -0.39 is 0 Å². The molecule has 0 bridgehead atoms. The number of hydrogen-bond donors (Lipinski definition) is 0. The van der Waals surface area contributed by atoms with Crippen molar-refractivity contribution in [2.75, 3.05) is 0 Å². The predicted molar refractivity (Wildman–Crippen MR) is 34.6 cm³/mol. The third-order valence-electron chi connectivity index (χ3n) is 0.503. The van der Waals surface area contributed by atoms with Gasteiger partial charge in [0.05, 0.1) is 5.03 Å². The minimum absolute atomic E-state index is 0.515. The molecule has 0 fully saturated rings. The van der Waals surface area contributed by atoms with Crippen LogP contribution in [0.3, 0.4) is 0 Å². The summed E-state index contributed by atoms with van der Waals surface area (Å²) in [5, 5.41) is 0.515. The highest BCUT2D eigenvalue weighted by Gasteiger charge is 1.86. The number of rotatable bonds is 1. The highest BCUT2D eigenvalue weighted by Crippen LogP contribution is 2.11. The number of halogens is 2. The van der Waals surface area contributed by atoms with Gasteiger partial charge in [-0.1, -0.05) is 29.8 Å². The Bertz CT molecular complexity index is 103. The summed E-state index contributed by atoms with van der Waals surface area (Å²) in [6.07, 6.45) is 0. The van der Waals surface area contributed by atoms with Crippen LogP contribution in [0, 0.1) is 0 Å². The van der Waals surface area contributed by atoms with Crippen LogP contribution in [0.4, 0.5) is 0 Å². The third kappa shape index (κ3) is 2.72. The zero-order valence-electron chi connectivity index (χ0n) is 4.04. The highest BCUT2D eigenvalue weighted by molar-refractivity contribution is 6.38. The van der Waals surface area contributed by atoms with Crippen molar-refractivity contribution >= 4 is 23.2 Å². The molecular formula is C5H6Cl2. The van der Waals surface area contributed by atoms with Gasteiger partial charge in [-0.25, -0.2) is 0 Å². The molecule has 40 valence electrons. The van der Waals surface area contributed by atoms with Gasteiger partial charge in [-0.15, -0.1) is 0 Å². The molecule has 0 rings (SSSR count). The van der Waals surface area contributed by atoms with Crippen molar-refractivity contribution in [2.45, 2.75) is 6.92 Å². The molecule has 0 nitrogen and oxygen atoms in total. The molecule has 0 saturated heterocycles. The third-order valence-corrected chi connectivity index (χ3v) is 1.27. The molecule has 7 heavy (non-hydrogen) atoms. The van der Waals surface area contributed by atoms with Gasteiger partial charge >= 0.3 is 0 Å². The monoisotopic (exact) mass is 136 g/mol. The van der Waals surface area contributed by atoms with Crippen molar-refractivity contribution in [3.63, 3.8) is 0 Å². The first-order valence-corrected chi connectivity index (χ1v) is 2.61. The summed E-state index contributed by atoms with van der Waals surface area (Å²) in [6.45, 7) is 5.33. The van der Waals surface area contributed by atoms with E-state index in [0.29, 0.717) is 5.03 Å². The van der Waals surface area contributed by atoms with Gasteiger partial charge in [0.15, 0.2) is 0 Å². The molecule has 0 radical (unpaired) electrons. The van der Waals surface area contributed by atoms with E-state index in [1.54, 1.807) is 6.92 Å². The standard InChI is InChI=1S/C5H6Cl2/c1-4(2)5(7)3-6/h3H,1H2,2H3/b5-3+. The molecule has 2 heteroatoms. The Morgan fingerprint density at radius 3 is 2.14 bits per heavy atom. The van der Waals surface area contributed by atoms with Crippen LogP contribution >= 0.6 is 23.2 Å². The molecule has 0 saturated carbocycles. The lowest BCUT2D eigenvalue weighted by molar-refractivity contribution is 1.54. The lowest BCUT2D eigenvalue weighted by Crippen LogP contribution is -1.65. The summed E-state index contributed by atoms with van der Waals surface area (Å²) in [6, 6.07) is 0. The van der Waals surface area contributed by atoms with Gasteiger partial charge in [-0.2, -0.15) is 0 Å². The van der Waals surface area contributed by atoms with Gasteiger partial charge in [-0.05, 0) is 12.5 Å². The largest absolute Gasteiger partial charge is 0.0946 e. The van der Waals surface area contributed by atoms with Crippen molar-refractivity contribution < 1.29 is 0 Å². The predicted octanol–water partition coefficient (Wildman–Crippen LogP) is 2.88. The molecule has 0 N–H and O–H groups in total. The second kappa shape index (κ2) is 3.11. The molecule has 0 amide bonds. The average Bonchev–Trinajstić information content (AvgIpc) is 1.65. The molecule has 0 aliphatic heterocycles. The van der Waals surface area contributed by atoms with E-state index in [4.69, 9.17) is 23.2 Å². The maximum Gasteiger partial charge on any atom is 0.0542 e. The fraction of sp³-hybridized carbons (Fsp3) is 0.200. The Morgan fingerprint density at radius 1 is 1.71 bits per heavy atom. The summed E-state index contributed by atoms with van der Waals surface area (Å²) in [4.78, 5) is 0. The maximum atomic E-state index is 5.43. The van der Waals surface area contributed by atoms with Crippen LogP contribution in [-0.2, 0) is 0 Å². The Morgan fingerprint density at radius 2 is 2.14 bits per heavy atom. The average molecular weight is 137 g/mol. The Labute approximate surface area is 53.4 Å². The topological polar surface area (TPSA) is 0 Å². The smallest absolute Gasteiger partial charge is 0.0542 e. The van der Waals surface area contributed by atoms with Crippen LogP contribution < -0.4 is 0 Å². The van der Waals surface area contributed by atoms with Crippen molar-refractivity contribution in [2.24, 2.45) is 0 Å². The van der Waals surface area contributed by atoms with Crippen molar-refractivity contribution in [1.82, 2.24) is 0 Å². The van der Waals surface area contributed by atoms with Crippen LogP contribution in [0.2, 0.25) is 0 Å². The molecule has 0 atom stereocenters. The highest BCUT2D eigenvalue weighted by atomic mass is 35.5. The SMILES string of the molecule is C=C(C)/C(Cl)=C\Cl. The Kier molecular flexibility index (Phi) is 3.14. The van der Waals surface area contributed by atoms with Crippen LogP contribution in [0.15, 0.2) is 22.7 Å². The molecule has 0 heterocycles. The molecule has 0 aromatic heterocycles. The van der Waals surface area contributed by atoms with Crippen LogP contribution in [-0.4, -0.2) is 0 Å². The van der Waals surface area contributed by atoms with Crippen LogP contribution in [0.5, 0.6) is 0 Å².